The SMILES string of the molecule is O=C(O)CC(C(=O)Nc1n[nH]c2cc(-c3ccc(Cl)c(Cl)c3)ccc12)c1ccccc1. The average molecular weight is 454 g/mol. The van der Waals surface area contributed by atoms with Gasteiger partial charge in [0.25, 0.3) is 0 Å². The Balaban J connectivity index is 1.61. The number of benzene rings is 3. The number of aliphatic carboxylic acids is 1. The van der Waals surface area contributed by atoms with Crippen LogP contribution in [0.2, 0.25) is 10.0 Å². The Kier molecular flexibility index (Phi) is 5.93. The summed E-state index contributed by atoms with van der Waals surface area (Å²) >= 11 is 12.1. The first-order chi connectivity index (χ1) is 14.9. The minimum Gasteiger partial charge on any atom is -0.481 e. The Morgan fingerprint density at radius 3 is 2.39 bits per heavy atom. The molecule has 156 valence electrons. The number of hydrogen-bond acceptors (Lipinski definition) is 3. The molecule has 0 spiro atoms. The van der Waals surface area contributed by atoms with Crippen molar-refractivity contribution in [3.8, 4) is 11.1 Å². The minimum absolute atomic E-state index is 0.320. The van der Waals surface area contributed by atoms with E-state index in [9.17, 15) is 14.7 Å². The van der Waals surface area contributed by atoms with Crippen molar-refractivity contribution in [2.75, 3.05) is 5.32 Å². The third-order valence-electron chi connectivity index (χ3n) is 4.95. The molecule has 1 heterocycles. The lowest BCUT2D eigenvalue weighted by Gasteiger charge is -2.14. The number of fused-ring (bicyclic) bond motifs is 1. The molecule has 1 aromatic heterocycles. The predicted molar refractivity (Wildman–Crippen MR) is 122 cm³/mol. The van der Waals surface area contributed by atoms with Crippen LogP contribution in [0, 0.1) is 0 Å². The molecule has 0 aliphatic rings. The van der Waals surface area contributed by atoms with E-state index in [2.05, 4.69) is 15.5 Å². The molecule has 4 rings (SSSR count). The summed E-state index contributed by atoms with van der Waals surface area (Å²) in [4.78, 5) is 24.2. The maximum absolute atomic E-state index is 12.9. The molecule has 1 unspecified atom stereocenters. The van der Waals surface area contributed by atoms with Crippen LogP contribution in [0.25, 0.3) is 22.0 Å². The van der Waals surface area contributed by atoms with E-state index in [4.69, 9.17) is 23.2 Å². The first-order valence-corrected chi connectivity index (χ1v) is 10.2. The lowest BCUT2D eigenvalue weighted by atomic mass is 9.95. The van der Waals surface area contributed by atoms with Gasteiger partial charge in [-0.1, -0.05) is 65.7 Å². The number of carbonyl (C=O) groups is 2. The Morgan fingerprint density at radius 2 is 1.68 bits per heavy atom. The van der Waals surface area contributed by atoms with Crippen LogP contribution in [0.5, 0.6) is 0 Å². The fourth-order valence-corrected chi connectivity index (χ4v) is 3.69. The van der Waals surface area contributed by atoms with Gasteiger partial charge >= 0.3 is 5.97 Å². The van der Waals surface area contributed by atoms with Crippen molar-refractivity contribution in [1.29, 1.82) is 0 Å². The van der Waals surface area contributed by atoms with Crippen LogP contribution < -0.4 is 5.32 Å². The Hall–Kier alpha value is -3.35. The number of rotatable bonds is 6. The van der Waals surface area contributed by atoms with Crippen molar-refractivity contribution >= 4 is 51.8 Å². The summed E-state index contributed by atoms with van der Waals surface area (Å²) in [7, 11) is 0. The molecule has 0 bridgehead atoms. The number of hydrogen-bond donors (Lipinski definition) is 3. The lowest BCUT2D eigenvalue weighted by Crippen LogP contribution is -2.23. The van der Waals surface area contributed by atoms with Gasteiger partial charge in [-0.25, -0.2) is 0 Å². The summed E-state index contributed by atoms with van der Waals surface area (Å²) in [6.07, 6.45) is -0.320. The molecule has 4 aromatic rings. The van der Waals surface area contributed by atoms with Crippen molar-refractivity contribution in [2.24, 2.45) is 0 Å². The van der Waals surface area contributed by atoms with Crippen LogP contribution in [0.15, 0.2) is 66.7 Å². The number of carbonyl (C=O) groups excluding carboxylic acids is 1. The molecular weight excluding hydrogens is 437 g/mol. The molecule has 0 aliphatic carbocycles. The molecule has 1 atom stereocenters. The molecule has 3 aromatic carbocycles. The van der Waals surface area contributed by atoms with E-state index < -0.39 is 17.8 Å². The summed E-state index contributed by atoms with van der Waals surface area (Å²) in [6, 6.07) is 19.8. The van der Waals surface area contributed by atoms with E-state index in [1.165, 1.54) is 0 Å². The second-order valence-electron chi connectivity index (χ2n) is 7.01. The number of nitrogens with one attached hydrogen (secondary N) is 2. The summed E-state index contributed by atoms with van der Waals surface area (Å²) < 4.78 is 0. The first kappa shape index (κ1) is 20.9. The van der Waals surface area contributed by atoms with Crippen molar-refractivity contribution in [2.45, 2.75) is 12.3 Å². The molecule has 0 radical (unpaired) electrons. The van der Waals surface area contributed by atoms with Crippen LogP contribution in [0.1, 0.15) is 17.9 Å². The van der Waals surface area contributed by atoms with Gasteiger partial charge in [0.05, 0.1) is 27.9 Å². The van der Waals surface area contributed by atoms with Gasteiger partial charge in [-0.05, 0) is 41.0 Å². The monoisotopic (exact) mass is 453 g/mol. The smallest absolute Gasteiger partial charge is 0.304 e. The normalized spacial score (nSPS) is 11.9. The maximum atomic E-state index is 12.9. The second kappa shape index (κ2) is 8.79. The van der Waals surface area contributed by atoms with Gasteiger partial charge in [0.2, 0.25) is 5.91 Å². The maximum Gasteiger partial charge on any atom is 0.304 e. The lowest BCUT2D eigenvalue weighted by molar-refractivity contribution is -0.139. The van der Waals surface area contributed by atoms with Crippen LogP contribution in [-0.2, 0) is 9.59 Å². The highest BCUT2D eigenvalue weighted by molar-refractivity contribution is 6.42. The average Bonchev–Trinajstić information content (AvgIpc) is 3.16. The molecule has 1 amide bonds. The van der Waals surface area contributed by atoms with E-state index in [-0.39, 0.29) is 6.42 Å². The van der Waals surface area contributed by atoms with E-state index in [1.54, 1.807) is 36.4 Å². The number of aromatic nitrogens is 2. The third-order valence-corrected chi connectivity index (χ3v) is 5.69. The first-order valence-electron chi connectivity index (χ1n) is 9.43. The Morgan fingerprint density at radius 1 is 0.968 bits per heavy atom. The highest BCUT2D eigenvalue weighted by Crippen LogP contribution is 2.32. The second-order valence-corrected chi connectivity index (χ2v) is 7.83. The highest BCUT2D eigenvalue weighted by atomic mass is 35.5. The van der Waals surface area contributed by atoms with Crippen LogP contribution in [0.4, 0.5) is 5.82 Å². The van der Waals surface area contributed by atoms with Gasteiger partial charge in [0.15, 0.2) is 5.82 Å². The Bertz CT molecular complexity index is 1270. The summed E-state index contributed by atoms with van der Waals surface area (Å²) in [6.45, 7) is 0. The van der Waals surface area contributed by atoms with Crippen molar-refractivity contribution < 1.29 is 14.7 Å². The molecule has 6 nitrogen and oxygen atoms in total. The van der Waals surface area contributed by atoms with E-state index >= 15 is 0 Å². The summed E-state index contributed by atoms with van der Waals surface area (Å²) in [5, 5.41) is 20.8. The number of aromatic amines is 1. The summed E-state index contributed by atoms with van der Waals surface area (Å²) in [5.41, 5.74) is 3.14. The van der Waals surface area contributed by atoms with Gasteiger partial charge in [-0.2, -0.15) is 5.10 Å². The van der Waals surface area contributed by atoms with Crippen LogP contribution in [0.3, 0.4) is 0 Å². The third kappa shape index (κ3) is 4.55. The number of nitrogens with zero attached hydrogens (tertiary/aromatic N) is 1. The molecule has 0 saturated carbocycles. The van der Waals surface area contributed by atoms with Gasteiger partial charge < -0.3 is 10.4 Å². The van der Waals surface area contributed by atoms with Gasteiger partial charge in [-0.15, -0.1) is 0 Å². The highest BCUT2D eigenvalue weighted by Gasteiger charge is 2.25. The number of carboxylic acid groups (broad SMARTS) is 1. The van der Waals surface area contributed by atoms with Crippen molar-refractivity contribution in [1.82, 2.24) is 10.2 Å². The fourth-order valence-electron chi connectivity index (χ4n) is 3.40. The molecule has 0 aliphatic heterocycles. The Labute approximate surface area is 187 Å². The predicted octanol–water partition coefficient (Wildman–Crippen LogP) is 5.73. The molecule has 31 heavy (non-hydrogen) atoms. The zero-order valence-electron chi connectivity index (χ0n) is 16.1. The molecule has 8 heteroatoms. The van der Waals surface area contributed by atoms with Crippen molar-refractivity contribution in [3.63, 3.8) is 0 Å². The number of amides is 1. The van der Waals surface area contributed by atoms with E-state index in [1.807, 2.05) is 30.3 Å². The van der Waals surface area contributed by atoms with Gasteiger partial charge in [0, 0.05) is 5.39 Å². The number of H-pyrrole nitrogens is 1. The van der Waals surface area contributed by atoms with Gasteiger partial charge in [0.1, 0.15) is 0 Å². The number of halogens is 2. The molecule has 3 N–H and O–H groups in total. The topological polar surface area (TPSA) is 95.1 Å². The molecule has 0 saturated heterocycles. The van der Waals surface area contributed by atoms with Gasteiger partial charge in [-0.3, -0.25) is 14.7 Å². The van der Waals surface area contributed by atoms with Crippen LogP contribution in [-0.4, -0.2) is 27.2 Å². The zero-order valence-corrected chi connectivity index (χ0v) is 17.6. The zero-order chi connectivity index (χ0) is 22.0. The number of anilines is 1. The fraction of sp³-hybridized carbons (Fsp3) is 0.0870. The number of carboxylic acids is 1. The van der Waals surface area contributed by atoms with Crippen molar-refractivity contribution in [3.05, 3.63) is 82.3 Å². The summed E-state index contributed by atoms with van der Waals surface area (Å²) in [5.74, 6) is -1.98. The largest absolute Gasteiger partial charge is 0.481 e. The standard InChI is InChI=1S/C23H17Cl2N3O3/c24-18-9-7-14(10-19(18)25)15-6-8-16-20(11-15)27-28-22(16)26-23(31)17(12-21(29)30)13-4-2-1-3-5-13/h1-11,17H,12H2,(H,29,30)(H2,26,27,28,31). The van der Waals surface area contributed by atoms with E-state index in [0.29, 0.717) is 32.3 Å². The minimum atomic E-state index is -1.05. The molecule has 0 fully saturated rings. The quantitative estimate of drug-likeness (QED) is 0.347. The van der Waals surface area contributed by atoms with E-state index in [0.717, 1.165) is 11.1 Å². The van der Waals surface area contributed by atoms with Crippen LogP contribution >= 0.6 is 23.2 Å². The molecular formula is C23H17Cl2N3O3.